The maximum absolute atomic E-state index is 13.7. The number of phenolic OH excluding ortho intramolecular Hbond substituents is 1. The van der Waals surface area contributed by atoms with Crippen molar-refractivity contribution in [3.05, 3.63) is 65.0 Å². The Hall–Kier alpha value is -2.89. The topological polar surface area (TPSA) is 60.9 Å². The number of likely N-dealkylation sites (tertiary alicyclic amines) is 2. The molecular formula is C22H23FN2O3. The predicted molar refractivity (Wildman–Crippen MR) is 102 cm³/mol. The van der Waals surface area contributed by atoms with E-state index in [1.165, 1.54) is 12.1 Å². The third-order valence-electron chi connectivity index (χ3n) is 6.08. The van der Waals surface area contributed by atoms with Crippen LogP contribution in [0.2, 0.25) is 0 Å². The van der Waals surface area contributed by atoms with Gasteiger partial charge in [0.25, 0.3) is 5.91 Å². The molecular weight excluding hydrogens is 359 g/mol. The first-order valence-electron chi connectivity index (χ1n) is 9.48. The van der Waals surface area contributed by atoms with Gasteiger partial charge >= 0.3 is 0 Å². The molecule has 0 unspecified atom stereocenters. The van der Waals surface area contributed by atoms with Crippen molar-refractivity contribution in [1.29, 1.82) is 0 Å². The lowest BCUT2D eigenvalue weighted by Gasteiger charge is -2.30. The number of fused-ring (bicyclic) bond motifs is 1. The van der Waals surface area contributed by atoms with Crippen LogP contribution in [0.4, 0.5) is 4.39 Å². The highest BCUT2D eigenvalue weighted by Crippen LogP contribution is 2.46. The quantitative estimate of drug-likeness (QED) is 0.868. The monoisotopic (exact) mass is 382 g/mol. The van der Waals surface area contributed by atoms with E-state index >= 15 is 0 Å². The molecule has 2 saturated heterocycles. The van der Waals surface area contributed by atoms with Gasteiger partial charge in [-0.2, -0.15) is 0 Å². The van der Waals surface area contributed by atoms with Crippen molar-refractivity contribution in [1.82, 2.24) is 9.80 Å². The van der Waals surface area contributed by atoms with E-state index < -0.39 is 11.6 Å². The first-order chi connectivity index (χ1) is 13.4. The number of aryl methyl sites for hydroxylation is 1. The van der Waals surface area contributed by atoms with Crippen molar-refractivity contribution >= 4 is 11.8 Å². The molecule has 5 nitrogen and oxygen atoms in total. The average molecular weight is 382 g/mol. The number of para-hydroxylation sites is 1. The molecule has 146 valence electrons. The molecule has 2 aliphatic rings. The Morgan fingerprint density at radius 3 is 2.54 bits per heavy atom. The van der Waals surface area contributed by atoms with Crippen LogP contribution in [0.25, 0.3) is 0 Å². The van der Waals surface area contributed by atoms with Crippen LogP contribution in [0.3, 0.4) is 0 Å². The summed E-state index contributed by atoms with van der Waals surface area (Å²) in [7, 11) is 0. The standard InChI is InChI=1S/C22H23FN2O3/c1-13-6-3-4-7-16(13)20-18-12-24(10-15(18)11-25(20)14(2)26)22(28)17-8-5-9-19(23)21(17)27/h3-9,15,18,20,27H,10-12H2,1-2H3/t15-,18-,20+/m1/s1. The highest BCUT2D eigenvalue weighted by molar-refractivity contribution is 5.97. The number of aromatic hydroxyl groups is 1. The molecule has 0 aromatic heterocycles. The minimum atomic E-state index is -0.800. The molecule has 0 aliphatic carbocycles. The van der Waals surface area contributed by atoms with Crippen molar-refractivity contribution in [2.24, 2.45) is 11.8 Å². The number of amides is 2. The molecule has 2 aromatic carbocycles. The Morgan fingerprint density at radius 1 is 1.07 bits per heavy atom. The molecule has 2 fully saturated rings. The van der Waals surface area contributed by atoms with Gasteiger partial charge in [-0.25, -0.2) is 4.39 Å². The van der Waals surface area contributed by atoms with Gasteiger partial charge in [-0.05, 0) is 30.2 Å². The third-order valence-corrected chi connectivity index (χ3v) is 6.08. The summed E-state index contributed by atoms with van der Waals surface area (Å²) in [6, 6.07) is 11.9. The first kappa shape index (κ1) is 18.5. The van der Waals surface area contributed by atoms with Gasteiger partial charge in [0.05, 0.1) is 11.6 Å². The molecule has 0 saturated carbocycles. The van der Waals surface area contributed by atoms with Crippen molar-refractivity contribution in [2.75, 3.05) is 19.6 Å². The van der Waals surface area contributed by atoms with Crippen LogP contribution in [0.5, 0.6) is 5.75 Å². The second-order valence-corrected chi connectivity index (χ2v) is 7.74. The van der Waals surface area contributed by atoms with Crippen LogP contribution in [-0.4, -0.2) is 46.4 Å². The number of benzene rings is 2. The van der Waals surface area contributed by atoms with Gasteiger partial charge < -0.3 is 14.9 Å². The van der Waals surface area contributed by atoms with E-state index in [0.717, 1.165) is 17.2 Å². The summed E-state index contributed by atoms with van der Waals surface area (Å²) >= 11 is 0. The van der Waals surface area contributed by atoms with Crippen LogP contribution in [-0.2, 0) is 4.79 Å². The maximum atomic E-state index is 13.7. The van der Waals surface area contributed by atoms with E-state index in [1.807, 2.05) is 36.1 Å². The Labute approximate surface area is 163 Å². The fourth-order valence-corrected chi connectivity index (χ4v) is 4.71. The number of phenols is 1. The molecule has 3 atom stereocenters. The average Bonchev–Trinajstić information content (AvgIpc) is 3.22. The zero-order chi connectivity index (χ0) is 20.0. The van der Waals surface area contributed by atoms with E-state index in [0.29, 0.717) is 19.6 Å². The molecule has 0 spiro atoms. The fraction of sp³-hybridized carbons (Fsp3) is 0.364. The molecule has 2 aromatic rings. The van der Waals surface area contributed by atoms with Gasteiger partial charge in [0.15, 0.2) is 11.6 Å². The van der Waals surface area contributed by atoms with Crippen LogP contribution in [0, 0.1) is 24.6 Å². The van der Waals surface area contributed by atoms with Crippen LogP contribution >= 0.6 is 0 Å². The molecule has 2 amide bonds. The highest BCUT2D eigenvalue weighted by Gasteiger charge is 2.49. The van der Waals surface area contributed by atoms with Crippen LogP contribution in [0.15, 0.2) is 42.5 Å². The van der Waals surface area contributed by atoms with Crippen molar-refractivity contribution in [3.8, 4) is 5.75 Å². The maximum Gasteiger partial charge on any atom is 0.257 e. The minimum absolute atomic E-state index is 0.0177. The number of hydrogen-bond acceptors (Lipinski definition) is 3. The molecule has 0 radical (unpaired) electrons. The van der Waals surface area contributed by atoms with Gasteiger partial charge in [0.1, 0.15) is 0 Å². The second kappa shape index (κ2) is 6.93. The molecule has 28 heavy (non-hydrogen) atoms. The lowest BCUT2D eigenvalue weighted by Crippen LogP contribution is -2.36. The van der Waals surface area contributed by atoms with Crippen LogP contribution < -0.4 is 0 Å². The summed E-state index contributed by atoms with van der Waals surface area (Å²) in [5.74, 6) is -1.47. The summed E-state index contributed by atoms with van der Waals surface area (Å²) in [5, 5.41) is 9.94. The minimum Gasteiger partial charge on any atom is -0.504 e. The lowest BCUT2D eigenvalue weighted by atomic mass is 9.87. The zero-order valence-corrected chi connectivity index (χ0v) is 15.9. The van der Waals surface area contributed by atoms with Gasteiger partial charge in [-0.1, -0.05) is 30.3 Å². The summed E-state index contributed by atoms with van der Waals surface area (Å²) < 4.78 is 13.7. The fourth-order valence-electron chi connectivity index (χ4n) is 4.71. The van der Waals surface area contributed by atoms with Crippen molar-refractivity contribution in [2.45, 2.75) is 19.9 Å². The van der Waals surface area contributed by atoms with E-state index in [9.17, 15) is 19.1 Å². The number of carbonyl (C=O) groups is 2. The number of nitrogens with zero attached hydrogens (tertiary/aromatic N) is 2. The smallest absolute Gasteiger partial charge is 0.257 e. The highest BCUT2D eigenvalue weighted by atomic mass is 19.1. The van der Waals surface area contributed by atoms with E-state index in [1.54, 1.807) is 11.8 Å². The van der Waals surface area contributed by atoms with Crippen molar-refractivity contribution < 1.29 is 19.1 Å². The van der Waals surface area contributed by atoms with Crippen molar-refractivity contribution in [3.63, 3.8) is 0 Å². The number of carbonyl (C=O) groups excluding carboxylic acids is 2. The summed E-state index contributed by atoms with van der Waals surface area (Å²) in [5.41, 5.74) is 2.20. The van der Waals surface area contributed by atoms with Crippen LogP contribution in [0.1, 0.15) is 34.5 Å². The van der Waals surface area contributed by atoms with E-state index in [4.69, 9.17) is 0 Å². The van der Waals surface area contributed by atoms with Gasteiger partial charge in [-0.15, -0.1) is 0 Å². The molecule has 6 heteroatoms. The number of hydrogen-bond donors (Lipinski definition) is 1. The van der Waals surface area contributed by atoms with Gasteiger partial charge in [-0.3, -0.25) is 9.59 Å². The SMILES string of the molecule is CC(=O)N1C[C@H]2CN(C(=O)c3cccc(F)c3O)C[C@H]2[C@@H]1c1ccccc1C. The molecule has 4 rings (SSSR count). The summed E-state index contributed by atoms with van der Waals surface area (Å²) in [6.07, 6.45) is 0. The van der Waals surface area contributed by atoms with Gasteiger partial charge in [0.2, 0.25) is 5.91 Å². The number of rotatable bonds is 2. The number of halogens is 1. The second-order valence-electron chi connectivity index (χ2n) is 7.74. The largest absolute Gasteiger partial charge is 0.504 e. The molecule has 2 heterocycles. The Bertz CT molecular complexity index is 945. The Kier molecular flexibility index (Phi) is 4.57. The lowest BCUT2D eigenvalue weighted by molar-refractivity contribution is -0.130. The molecule has 1 N–H and O–H groups in total. The zero-order valence-electron chi connectivity index (χ0n) is 15.9. The molecule has 0 bridgehead atoms. The van der Waals surface area contributed by atoms with E-state index in [-0.39, 0.29) is 35.3 Å². The normalized spacial score (nSPS) is 23.8. The predicted octanol–water partition coefficient (Wildman–Crippen LogP) is 3.13. The Balaban J connectivity index is 1.63. The summed E-state index contributed by atoms with van der Waals surface area (Å²) in [6.45, 7) is 5.18. The van der Waals surface area contributed by atoms with E-state index in [2.05, 4.69) is 0 Å². The summed E-state index contributed by atoms with van der Waals surface area (Å²) in [4.78, 5) is 28.7. The Morgan fingerprint density at radius 2 is 1.82 bits per heavy atom. The first-order valence-corrected chi connectivity index (χ1v) is 9.48. The van der Waals surface area contributed by atoms with Gasteiger partial charge in [0, 0.05) is 38.4 Å². The molecule has 2 aliphatic heterocycles. The third kappa shape index (κ3) is 2.93.